The van der Waals surface area contributed by atoms with Crippen molar-refractivity contribution >= 4 is 29.1 Å². The van der Waals surface area contributed by atoms with Gasteiger partial charge >= 0.3 is 0 Å². The Labute approximate surface area is 181 Å². The van der Waals surface area contributed by atoms with Crippen molar-refractivity contribution in [2.75, 3.05) is 10.2 Å². The zero-order chi connectivity index (χ0) is 21.4. The van der Waals surface area contributed by atoms with Gasteiger partial charge in [0.15, 0.2) is 0 Å². The van der Waals surface area contributed by atoms with E-state index in [4.69, 9.17) is 0 Å². The van der Waals surface area contributed by atoms with Crippen LogP contribution in [-0.4, -0.2) is 17.7 Å². The molecule has 4 aliphatic carbocycles. The maximum Gasteiger partial charge on any atom is 0.255 e. The van der Waals surface area contributed by atoms with E-state index in [2.05, 4.69) is 17.5 Å². The van der Waals surface area contributed by atoms with Crippen LogP contribution in [0.5, 0.6) is 0 Å². The van der Waals surface area contributed by atoms with Gasteiger partial charge in [0, 0.05) is 11.3 Å². The number of allylic oxidation sites excluding steroid dienone is 2. The van der Waals surface area contributed by atoms with Gasteiger partial charge in [0.1, 0.15) is 0 Å². The minimum absolute atomic E-state index is 0.105. The number of carbonyl (C=O) groups excluding carboxylic acids is 3. The van der Waals surface area contributed by atoms with Crippen LogP contribution in [0.15, 0.2) is 54.6 Å². The third-order valence-electron chi connectivity index (χ3n) is 7.66. The highest BCUT2D eigenvalue weighted by atomic mass is 16.2. The molecule has 0 unspecified atom stereocenters. The van der Waals surface area contributed by atoms with Gasteiger partial charge in [-0.25, -0.2) is 4.90 Å². The smallest absolute Gasteiger partial charge is 0.255 e. The minimum Gasteiger partial charge on any atom is -0.322 e. The molecule has 2 aromatic carbocycles. The molecule has 5 nitrogen and oxygen atoms in total. The van der Waals surface area contributed by atoms with E-state index < -0.39 is 0 Å². The van der Waals surface area contributed by atoms with Crippen LogP contribution >= 0.6 is 0 Å². The summed E-state index contributed by atoms with van der Waals surface area (Å²) in [6, 6.07) is 12.7. The summed E-state index contributed by atoms with van der Waals surface area (Å²) in [5.41, 5.74) is 3.79. The first kappa shape index (κ1) is 18.6. The molecule has 2 bridgehead atoms. The lowest BCUT2D eigenvalue weighted by molar-refractivity contribution is -0.124. The van der Waals surface area contributed by atoms with Gasteiger partial charge in [-0.3, -0.25) is 14.4 Å². The van der Waals surface area contributed by atoms with Crippen LogP contribution in [-0.2, 0) is 9.59 Å². The van der Waals surface area contributed by atoms with E-state index in [1.54, 1.807) is 24.3 Å². The van der Waals surface area contributed by atoms with Crippen molar-refractivity contribution in [1.29, 1.82) is 0 Å². The van der Waals surface area contributed by atoms with Crippen LogP contribution in [0.25, 0.3) is 0 Å². The van der Waals surface area contributed by atoms with Gasteiger partial charge in [0.25, 0.3) is 5.91 Å². The first-order valence-corrected chi connectivity index (χ1v) is 11.0. The molecular formula is C26H24N2O3. The van der Waals surface area contributed by atoms with Gasteiger partial charge in [-0.2, -0.15) is 0 Å². The van der Waals surface area contributed by atoms with Crippen molar-refractivity contribution < 1.29 is 14.4 Å². The van der Waals surface area contributed by atoms with E-state index in [1.807, 2.05) is 32.0 Å². The van der Waals surface area contributed by atoms with Crippen molar-refractivity contribution in [2.45, 2.75) is 20.3 Å². The van der Waals surface area contributed by atoms with Crippen molar-refractivity contribution in [3.63, 3.8) is 0 Å². The van der Waals surface area contributed by atoms with Crippen molar-refractivity contribution in [2.24, 2.45) is 35.5 Å². The number of nitrogens with zero attached hydrogens (tertiary/aromatic N) is 1. The Kier molecular flexibility index (Phi) is 3.83. The second-order valence-electron chi connectivity index (χ2n) is 9.49. The highest BCUT2D eigenvalue weighted by Gasteiger charge is 2.67. The molecule has 0 aromatic heterocycles. The summed E-state index contributed by atoms with van der Waals surface area (Å²) in [5, 5.41) is 2.94. The van der Waals surface area contributed by atoms with Gasteiger partial charge < -0.3 is 5.32 Å². The standard InChI is InChI=1S/C26H24N2O3/c1-13-6-9-21(14(2)10-13)27-24(29)15-4-3-5-16(11-15)28-25(30)22-17-7-8-18(20-12-19(17)20)23(22)26(28)31/h3-11,17-20,22-23H,12H2,1-2H3,(H,27,29)/t17-,18-,19-,20-,22-,23+/m1/s1. The third-order valence-corrected chi connectivity index (χ3v) is 7.66. The summed E-state index contributed by atoms with van der Waals surface area (Å²) in [7, 11) is 0. The van der Waals surface area contributed by atoms with Gasteiger partial charge in [0.05, 0.1) is 17.5 Å². The van der Waals surface area contributed by atoms with Gasteiger partial charge in [-0.15, -0.1) is 0 Å². The van der Waals surface area contributed by atoms with Crippen molar-refractivity contribution in [1.82, 2.24) is 0 Å². The second-order valence-corrected chi connectivity index (χ2v) is 9.49. The van der Waals surface area contributed by atoms with E-state index >= 15 is 0 Å². The molecule has 0 spiro atoms. The summed E-state index contributed by atoms with van der Waals surface area (Å²) in [6.45, 7) is 3.96. The Morgan fingerprint density at radius 3 is 2.26 bits per heavy atom. The molecule has 3 fully saturated rings. The van der Waals surface area contributed by atoms with Gasteiger partial charge in [0.2, 0.25) is 11.8 Å². The zero-order valence-corrected chi connectivity index (χ0v) is 17.5. The lowest BCUT2D eigenvalue weighted by Gasteiger charge is -2.37. The maximum atomic E-state index is 13.3. The molecule has 1 N–H and O–H groups in total. The molecular weight excluding hydrogens is 388 g/mol. The summed E-state index contributed by atoms with van der Waals surface area (Å²) in [4.78, 5) is 40.9. The molecule has 1 heterocycles. The van der Waals surface area contributed by atoms with Crippen LogP contribution in [0.4, 0.5) is 11.4 Å². The van der Waals surface area contributed by atoms with Crippen LogP contribution in [0.1, 0.15) is 27.9 Å². The third kappa shape index (κ3) is 2.65. The van der Waals surface area contributed by atoms with E-state index in [1.165, 1.54) is 4.90 Å². The minimum atomic E-state index is -0.256. The molecule has 5 heteroatoms. The first-order chi connectivity index (χ1) is 14.9. The average molecular weight is 412 g/mol. The highest BCUT2D eigenvalue weighted by Crippen LogP contribution is 2.65. The monoisotopic (exact) mass is 412 g/mol. The summed E-state index contributed by atoms with van der Waals surface area (Å²) in [6.07, 6.45) is 5.48. The van der Waals surface area contributed by atoms with E-state index in [0.29, 0.717) is 23.1 Å². The fourth-order valence-corrected chi connectivity index (χ4v) is 6.15. The topological polar surface area (TPSA) is 66.5 Å². The Morgan fingerprint density at radius 2 is 1.61 bits per heavy atom. The maximum absolute atomic E-state index is 13.3. The van der Waals surface area contributed by atoms with E-state index in [-0.39, 0.29) is 41.4 Å². The van der Waals surface area contributed by atoms with Gasteiger partial charge in [-0.05, 0) is 73.8 Å². The normalized spacial score (nSPS) is 32.1. The molecule has 0 radical (unpaired) electrons. The number of rotatable bonds is 3. The second kappa shape index (κ2) is 6.39. The summed E-state index contributed by atoms with van der Waals surface area (Å²) in [5.74, 6) is 0.588. The lowest BCUT2D eigenvalue weighted by atomic mass is 9.63. The van der Waals surface area contributed by atoms with Crippen LogP contribution < -0.4 is 10.2 Å². The van der Waals surface area contributed by atoms with E-state index in [9.17, 15) is 14.4 Å². The SMILES string of the molecule is Cc1ccc(NC(=O)c2cccc(N3C(=O)[C@@H]4[C@@H]5C=C[C@H]([C@H]6C[C@H]56)[C@@H]4C3=O)c2)c(C)c1. The molecule has 2 aromatic rings. The molecule has 1 saturated heterocycles. The highest BCUT2D eigenvalue weighted by molar-refractivity contribution is 6.23. The number of carbonyl (C=O) groups is 3. The lowest BCUT2D eigenvalue weighted by Crippen LogP contribution is -2.40. The predicted molar refractivity (Wildman–Crippen MR) is 118 cm³/mol. The molecule has 156 valence electrons. The fraction of sp³-hybridized carbons (Fsp3) is 0.346. The van der Waals surface area contributed by atoms with Crippen LogP contribution in [0.3, 0.4) is 0 Å². The Hall–Kier alpha value is -3.21. The number of hydrogen-bond donors (Lipinski definition) is 1. The number of anilines is 2. The van der Waals surface area contributed by atoms with Crippen molar-refractivity contribution in [3.8, 4) is 0 Å². The number of aryl methyl sites for hydroxylation is 2. The molecule has 7 rings (SSSR count). The fourth-order valence-electron chi connectivity index (χ4n) is 6.15. The Bertz CT molecular complexity index is 1150. The van der Waals surface area contributed by atoms with Crippen LogP contribution in [0, 0.1) is 49.4 Å². The Balaban J connectivity index is 1.28. The predicted octanol–water partition coefficient (Wildman–Crippen LogP) is 4.11. The number of hydrogen-bond acceptors (Lipinski definition) is 3. The first-order valence-electron chi connectivity index (χ1n) is 11.0. The molecule has 5 aliphatic rings. The molecule has 31 heavy (non-hydrogen) atoms. The van der Waals surface area contributed by atoms with Gasteiger partial charge in [-0.1, -0.05) is 35.9 Å². The Morgan fingerprint density at radius 1 is 0.935 bits per heavy atom. The largest absolute Gasteiger partial charge is 0.322 e. The quantitative estimate of drug-likeness (QED) is 0.609. The van der Waals surface area contributed by atoms with Crippen molar-refractivity contribution in [3.05, 3.63) is 71.3 Å². The van der Waals surface area contributed by atoms with Crippen LogP contribution in [0.2, 0.25) is 0 Å². The number of imide groups is 1. The van der Waals surface area contributed by atoms with E-state index in [0.717, 1.165) is 23.2 Å². The zero-order valence-electron chi connectivity index (χ0n) is 17.5. The molecule has 3 amide bonds. The molecule has 6 atom stereocenters. The summed E-state index contributed by atoms with van der Waals surface area (Å²) < 4.78 is 0. The molecule has 2 saturated carbocycles. The summed E-state index contributed by atoms with van der Waals surface area (Å²) >= 11 is 0. The number of amides is 3. The molecule has 1 aliphatic heterocycles. The average Bonchev–Trinajstić information content (AvgIpc) is 3.53. The number of nitrogens with one attached hydrogen (secondary N) is 1. The number of benzene rings is 2.